The number of nitrogens with zero attached hydrogens (tertiary/aromatic N) is 2. The Morgan fingerprint density at radius 2 is 1.96 bits per heavy atom. The molecule has 3 aromatic rings. The van der Waals surface area contributed by atoms with Crippen LogP contribution in [0.3, 0.4) is 0 Å². The van der Waals surface area contributed by atoms with Crippen molar-refractivity contribution in [2.75, 3.05) is 5.32 Å². The van der Waals surface area contributed by atoms with Crippen molar-refractivity contribution in [3.63, 3.8) is 0 Å². The van der Waals surface area contributed by atoms with Crippen LogP contribution in [0.25, 0.3) is 10.7 Å². The van der Waals surface area contributed by atoms with Gasteiger partial charge in [0, 0.05) is 17.3 Å². The van der Waals surface area contributed by atoms with Gasteiger partial charge in [0.15, 0.2) is 0 Å². The number of ether oxygens (including phenoxy) is 1. The van der Waals surface area contributed by atoms with Crippen molar-refractivity contribution in [1.29, 1.82) is 0 Å². The Labute approximate surface area is 162 Å². The molecule has 1 aromatic carbocycles. The lowest BCUT2D eigenvalue weighted by Crippen LogP contribution is -2.15. The summed E-state index contributed by atoms with van der Waals surface area (Å²) in [7, 11) is 0. The second-order valence-corrected chi connectivity index (χ2v) is 7.49. The summed E-state index contributed by atoms with van der Waals surface area (Å²) < 4.78 is 5.95. The molecule has 0 unspecified atom stereocenters. The number of nitrogens with one attached hydrogen (secondary N) is 1. The van der Waals surface area contributed by atoms with Crippen LogP contribution in [-0.2, 0) is 11.2 Å². The van der Waals surface area contributed by atoms with Gasteiger partial charge in [-0.2, -0.15) is 0 Å². The van der Waals surface area contributed by atoms with Crippen LogP contribution < -0.4 is 10.1 Å². The van der Waals surface area contributed by atoms with Gasteiger partial charge in [0.2, 0.25) is 5.91 Å². The van der Waals surface area contributed by atoms with Gasteiger partial charge in [-0.15, -0.1) is 11.3 Å². The summed E-state index contributed by atoms with van der Waals surface area (Å²) in [5.74, 6) is 0.775. The van der Waals surface area contributed by atoms with Crippen LogP contribution in [-0.4, -0.2) is 22.0 Å². The molecule has 27 heavy (non-hydrogen) atoms. The number of hydrogen-bond donors (Lipinski definition) is 1. The summed E-state index contributed by atoms with van der Waals surface area (Å²) in [4.78, 5) is 21.1. The molecule has 0 aliphatic heterocycles. The van der Waals surface area contributed by atoms with E-state index < -0.39 is 0 Å². The Bertz CT molecular complexity index is 887. The molecule has 1 aliphatic carbocycles. The highest BCUT2D eigenvalue weighted by Gasteiger charge is 2.16. The van der Waals surface area contributed by atoms with Gasteiger partial charge in [-0.25, -0.2) is 4.98 Å². The van der Waals surface area contributed by atoms with Gasteiger partial charge in [-0.3, -0.25) is 9.78 Å². The summed E-state index contributed by atoms with van der Waals surface area (Å²) in [6.45, 7) is 0. The van der Waals surface area contributed by atoms with Crippen molar-refractivity contribution in [2.45, 2.75) is 38.2 Å². The lowest BCUT2D eigenvalue weighted by atomic mass is 10.2. The van der Waals surface area contributed by atoms with E-state index in [1.807, 2.05) is 47.8 Å². The minimum absolute atomic E-state index is 0.0858. The van der Waals surface area contributed by atoms with Gasteiger partial charge in [0.25, 0.3) is 0 Å². The number of benzene rings is 1. The fourth-order valence-electron chi connectivity index (χ4n) is 3.18. The molecule has 0 atom stereocenters. The molecule has 0 bridgehead atoms. The van der Waals surface area contributed by atoms with Gasteiger partial charge >= 0.3 is 0 Å². The number of thiazole rings is 1. The first-order chi connectivity index (χ1) is 13.3. The number of amides is 1. The minimum Gasteiger partial charge on any atom is -0.490 e. The van der Waals surface area contributed by atoms with Crippen LogP contribution in [0.15, 0.2) is 54.0 Å². The molecular formula is C21H21N3O2S. The first-order valence-electron chi connectivity index (χ1n) is 9.19. The van der Waals surface area contributed by atoms with Gasteiger partial charge in [0.1, 0.15) is 10.8 Å². The van der Waals surface area contributed by atoms with Crippen molar-refractivity contribution >= 4 is 22.9 Å². The monoisotopic (exact) mass is 379 g/mol. The number of rotatable bonds is 6. The molecule has 138 valence electrons. The van der Waals surface area contributed by atoms with E-state index in [9.17, 15) is 4.79 Å². The smallest absolute Gasteiger partial charge is 0.230 e. The predicted octanol–water partition coefficient (Wildman–Crippen LogP) is 4.71. The van der Waals surface area contributed by atoms with E-state index in [1.54, 1.807) is 6.20 Å². The van der Waals surface area contributed by atoms with Gasteiger partial charge in [-0.05, 0) is 62.1 Å². The first kappa shape index (κ1) is 17.7. The Balaban J connectivity index is 1.32. The van der Waals surface area contributed by atoms with E-state index in [0.29, 0.717) is 6.10 Å². The molecule has 1 saturated carbocycles. The molecule has 5 nitrogen and oxygen atoms in total. The number of pyridine rings is 1. The average molecular weight is 379 g/mol. The topological polar surface area (TPSA) is 64.1 Å². The van der Waals surface area contributed by atoms with Crippen molar-refractivity contribution in [3.8, 4) is 16.5 Å². The lowest BCUT2D eigenvalue weighted by Gasteiger charge is -2.13. The van der Waals surface area contributed by atoms with E-state index in [4.69, 9.17) is 4.74 Å². The molecule has 6 heteroatoms. The molecule has 1 aliphatic rings. The zero-order chi connectivity index (χ0) is 18.5. The number of hydrogen-bond acceptors (Lipinski definition) is 5. The highest BCUT2D eigenvalue weighted by Crippen LogP contribution is 2.25. The summed E-state index contributed by atoms with van der Waals surface area (Å²) in [5, 5.41) is 5.65. The Kier molecular flexibility index (Phi) is 5.44. The van der Waals surface area contributed by atoms with Crippen LogP contribution in [0.2, 0.25) is 0 Å². The third-order valence-corrected chi connectivity index (χ3v) is 5.43. The van der Waals surface area contributed by atoms with Crippen LogP contribution in [0.1, 0.15) is 31.4 Å². The summed E-state index contributed by atoms with van der Waals surface area (Å²) in [6, 6.07) is 13.3. The standard InChI is InChI=1S/C21H21N3O2S/c25-20(13-16-14-27-21(24-16)19-7-3-4-12-22-19)23-15-8-10-18(11-9-15)26-17-5-1-2-6-17/h3-4,7-12,14,17H,1-2,5-6,13H2,(H,23,25). The highest BCUT2D eigenvalue weighted by atomic mass is 32.1. The van der Waals surface area contributed by atoms with E-state index in [1.165, 1.54) is 24.2 Å². The van der Waals surface area contributed by atoms with E-state index >= 15 is 0 Å². The minimum atomic E-state index is -0.0858. The van der Waals surface area contributed by atoms with Crippen LogP contribution >= 0.6 is 11.3 Å². The number of carbonyl (C=O) groups is 1. The van der Waals surface area contributed by atoms with Crippen molar-refractivity contribution in [3.05, 3.63) is 59.7 Å². The number of aromatic nitrogens is 2. The maximum Gasteiger partial charge on any atom is 0.230 e. The van der Waals surface area contributed by atoms with Crippen LogP contribution in [0.5, 0.6) is 5.75 Å². The third kappa shape index (κ3) is 4.71. The predicted molar refractivity (Wildman–Crippen MR) is 107 cm³/mol. The fourth-order valence-corrected chi connectivity index (χ4v) is 3.98. The zero-order valence-corrected chi connectivity index (χ0v) is 15.7. The van der Waals surface area contributed by atoms with Crippen LogP contribution in [0, 0.1) is 0 Å². The summed E-state index contributed by atoms with van der Waals surface area (Å²) in [6.07, 6.45) is 7.07. The largest absolute Gasteiger partial charge is 0.490 e. The SMILES string of the molecule is O=C(Cc1csc(-c2ccccn2)n1)Nc1ccc(OC2CCCC2)cc1. The van der Waals surface area contributed by atoms with Crippen molar-refractivity contribution < 1.29 is 9.53 Å². The molecule has 0 saturated heterocycles. The molecule has 1 amide bonds. The molecule has 2 aromatic heterocycles. The Morgan fingerprint density at radius 3 is 2.70 bits per heavy atom. The van der Waals surface area contributed by atoms with Crippen molar-refractivity contribution in [2.24, 2.45) is 0 Å². The highest BCUT2D eigenvalue weighted by molar-refractivity contribution is 7.13. The molecule has 0 spiro atoms. The maximum atomic E-state index is 12.3. The number of carbonyl (C=O) groups excluding carboxylic acids is 1. The maximum absolute atomic E-state index is 12.3. The third-order valence-electron chi connectivity index (χ3n) is 4.52. The van der Waals surface area contributed by atoms with Crippen LogP contribution in [0.4, 0.5) is 5.69 Å². The van der Waals surface area contributed by atoms with E-state index in [2.05, 4.69) is 15.3 Å². The van der Waals surface area contributed by atoms with E-state index in [-0.39, 0.29) is 12.3 Å². The molecule has 1 N–H and O–H groups in total. The first-order valence-corrected chi connectivity index (χ1v) is 10.1. The van der Waals surface area contributed by atoms with E-state index in [0.717, 1.165) is 40.7 Å². The Hall–Kier alpha value is -2.73. The average Bonchev–Trinajstić information content (AvgIpc) is 3.36. The van der Waals surface area contributed by atoms with Gasteiger partial charge < -0.3 is 10.1 Å². The quantitative estimate of drug-likeness (QED) is 0.674. The Morgan fingerprint density at radius 1 is 1.15 bits per heavy atom. The lowest BCUT2D eigenvalue weighted by molar-refractivity contribution is -0.115. The van der Waals surface area contributed by atoms with Crippen molar-refractivity contribution in [1.82, 2.24) is 9.97 Å². The molecule has 1 fully saturated rings. The number of anilines is 1. The molecule has 0 radical (unpaired) electrons. The fraction of sp³-hybridized carbons (Fsp3) is 0.286. The second kappa shape index (κ2) is 8.31. The molecular weight excluding hydrogens is 358 g/mol. The molecule has 4 rings (SSSR count). The normalized spacial score (nSPS) is 14.2. The summed E-state index contributed by atoms with van der Waals surface area (Å²) in [5.41, 5.74) is 2.34. The summed E-state index contributed by atoms with van der Waals surface area (Å²) >= 11 is 1.50. The van der Waals surface area contributed by atoms with Gasteiger partial charge in [0.05, 0.1) is 23.9 Å². The second-order valence-electron chi connectivity index (χ2n) is 6.63. The van der Waals surface area contributed by atoms with Gasteiger partial charge in [-0.1, -0.05) is 6.07 Å². The zero-order valence-electron chi connectivity index (χ0n) is 14.9. The molecule has 2 heterocycles.